The topological polar surface area (TPSA) is 86.2 Å². The first kappa shape index (κ1) is 21.8. The Morgan fingerprint density at radius 3 is 2.40 bits per heavy atom. The highest BCUT2D eigenvalue weighted by molar-refractivity contribution is 5.77. The number of aromatic nitrogens is 4. The lowest BCUT2D eigenvalue weighted by molar-refractivity contribution is 0.313. The van der Waals surface area contributed by atoms with E-state index in [0.29, 0.717) is 5.95 Å². The van der Waals surface area contributed by atoms with Crippen molar-refractivity contribution >= 4 is 40.1 Å². The molecule has 9 heteroatoms. The molecule has 4 heterocycles. The van der Waals surface area contributed by atoms with Crippen molar-refractivity contribution in [1.82, 2.24) is 29.7 Å². The SMILES string of the molecule is CN1CCN(c2ccc(Nc3ncc4nc(Nc5ccccc5)n([C@@H]5CCNC5)c4n3)cc2)CC1. The van der Waals surface area contributed by atoms with Gasteiger partial charge in [-0.25, -0.2) is 9.97 Å². The van der Waals surface area contributed by atoms with Gasteiger partial charge in [0.25, 0.3) is 0 Å². The Labute approximate surface area is 205 Å². The Bertz CT molecular complexity index is 1270. The summed E-state index contributed by atoms with van der Waals surface area (Å²) in [6.07, 6.45) is 2.84. The number of para-hydroxylation sites is 1. The zero-order valence-corrected chi connectivity index (χ0v) is 20.0. The maximum Gasteiger partial charge on any atom is 0.229 e. The highest BCUT2D eigenvalue weighted by atomic mass is 15.3. The summed E-state index contributed by atoms with van der Waals surface area (Å²) >= 11 is 0. The predicted molar refractivity (Wildman–Crippen MR) is 141 cm³/mol. The normalized spacial score (nSPS) is 18.8. The molecule has 9 nitrogen and oxygen atoms in total. The Kier molecular flexibility index (Phi) is 5.93. The van der Waals surface area contributed by atoms with Gasteiger partial charge in [-0.15, -0.1) is 0 Å². The van der Waals surface area contributed by atoms with E-state index >= 15 is 0 Å². The Morgan fingerprint density at radius 2 is 1.66 bits per heavy atom. The second-order valence-electron chi connectivity index (χ2n) is 9.31. The first-order valence-electron chi connectivity index (χ1n) is 12.3. The number of fused-ring (bicyclic) bond motifs is 1. The van der Waals surface area contributed by atoms with Crippen LogP contribution in [-0.4, -0.2) is 70.7 Å². The fourth-order valence-corrected chi connectivity index (χ4v) is 4.84. The zero-order valence-electron chi connectivity index (χ0n) is 20.0. The lowest BCUT2D eigenvalue weighted by Gasteiger charge is -2.34. The molecule has 2 fully saturated rings. The predicted octanol–water partition coefficient (Wildman–Crippen LogP) is 3.60. The molecule has 2 saturated heterocycles. The number of hydrogen-bond acceptors (Lipinski definition) is 8. The first-order valence-corrected chi connectivity index (χ1v) is 12.3. The van der Waals surface area contributed by atoms with Gasteiger partial charge < -0.3 is 25.8 Å². The number of rotatable bonds is 6. The van der Waals surface area contributed by atoms with E-state index in [1.54, 1.807) is 6.20 Å². The van der Waals surface area contributed by atoms with Crippen molar-refractivity contribution in [3.63, 3.8) is 0 Å². The Hall–Kier alpha value is -3.69. The zero-order chi connectivity index (χ0) is 23.6. The molecule has 0 unspecified atom stereocenters. The number of hydrogen-bond donors (Lipinski definition) is 3. The van der Waals surface area contributed by atoms with Crippen molar-refractivity contribution in [2.24, 2.45) is 0 Å². The molecule has 2 aliphatic heterocycles. The van der Waals surface area contributed by atoms with Crippen LogP contribution in [0.5, 0.6) is 0 Å². The Balaban J connectivity index is 1.26. The number of nitrogens with one attached hydrogen (secondary N) is 3. The van der Waals surface area contributed by atoms with Crippen molar-refractivity contribution in [2.45, 2.75) is 12.5 Å². The minimum Gasteiger partial charge on any atom is -0.369 e. The number of likely N-dealkylation sites (N-methyl/N-ethyl adjacent to an activating group) is 1. The van der Waals surface area contributed by atoms with E-state index in [9.17, 15) is 0 Å². The van der Waals surface area contributed by atoms with Crippen molar-refractivity contribution in [2.75, 3.05) is 61.8 Å². The molecular weight excluding hydrogens is 438 g/mol. The molecule has 2 aromatic carbocycles. The largest absolute Gasteiger partial charge is 0.369 e. The van der Waals surface area contributed by atoms with Gasteiger partial charge >= 0.3 is 0 Å². The molecule has 0 amide bonds. The standard InChI is InChI=1S/C26H31N9/c1-33-13-15-34(16-14-33)21-9-7-20(8-10-21)29-25-28-18-23-24(32-25)35(22-11-12-27-17-22)26(31-23)30-19-5-3-2-4-6-19/h2-10,18,22,27H,11-17H2,1H3,(H,30,31)(H,28,29,32)/t22-/m1/s1. The van der Waals surface area contributed by atoms with E-state index in [1.165, 1.54) is 5.69 Å². The van der Waals surface area contributed by atoms with Crippen LogP contribution in [-0.2, 0) is 0 Å². The average Bonchev–Trinajstić information content (AvgIpc) is 3.53. The first-order chi connectivity index (χ1) is 17.2. The van der Waals surface area contributed by atoms with Gasteiger partial charge in [-0.1, -0.05) is 18.2 Å². The van der Waals surface area contributed by atoms with Crippen LogP contribution >= 0.6 is 0 Å². The summed E-state index contributed by atoms with van der Waals surface area (Å²) in [5.41, 5.74) is 4.85. The van der Waals surface area contributed by atoms with Crippen LogP contribution < -0.4 is 20.9 Å². The number of benzene rings is 2. The third-order valence-corrected chi connectivity index (χ3v) is 6.85. The summed E-state index contributed by atoms with van der Waals surface area (Å²) in [6, 6.07) is 19.0. The van der Waals surface area contributed by atoms with E-state index in [4.69, 9.17) is 9.97 Å². The molecule has 0 spiro atoms. The van der Waals surface area contributed by atoms with Crippen molar-refractivity contribution in [3.8, 4) is 0 Å². The third kappa shape index (κ3) is 4.65. The maximum atomic E-state index is 4.89. The molecule has 4 aromatic rings. The molecule has 35 heavy (non-hydrogen) atoms. The van der Waals surface area contributed by atoms with Crippen LogP contribution in [0.15, 0.2) is 60.8 Å². The lowest BCUT2D eigenvalue weighted by Crippen LogP contribution is -2.44. The molecule has 0 radical (unpaired) electrons. The molecule has 0 aliphatic carbocycles. The van der Waals surface area contributed by atoms with Crippen molar-refractivity contribution in [1.29, 1.82) is 0 Å². The minimum absolute atomic E-state index is 0.289. The number of anilines is 5. The van der Waals surface area contributed by atoms with E-state index in [1.807, 2.05) is 30.3 Å². The smallest absolute Gasteiger partial charge is 0.229 e. The molecule has 3 N–H and O–H groups in total. The fraction of sp³-hybridized carbons (Fsp3) is 0.346. The van der Waals surface area contributed by atoms with E-state index in [-0.39, 0.29) is 6.04 Å². The van der Waals surface area contributed by atoms with Crippen molar-refractivity contribution in [3.05, 3.63) is 60.8 Å². The van der Waals surface area contributed by atoms with Crippen LogP contribution in [0, 0.1) is 0 Å². The van der Waals surface area contributed by atoms with Gasteiger partial charge in [0.15, 0.2) is 5.65 Å². The second-order valence-corrected chi connectivity index (χ2v) is 9.31. The molecular formula is C26H31N9. The molecule has 180 valence electrons. The fourth-order valence-electron chi connectivity index (χ4n) is 4.84. The van der Waals surface area contributed by atoms with E-state index in [0.717, 1.165) is 74.2 Å². The molecule has 1 atom stereocenters. The third-order valence-electron chi connectivity index (χ3n) is 6.85. The summed E-state index contributed by atoms with van der Waals surface area (Å²) in [6.45, 7) is 6.20. The highest BCUT2D eigenvalue weighted by Gasteiger charge is 2.24. The summed E-state index contributed by atoms with van der Waals surface area (Å²) < 4.78 is 2.21. The van der Waals surface area contributed by atoms with Crippen molar-refractivity contribution < 1.29 is 0 Å². The van der Waals surface area contributed by atoms with Crippen LogP contribution in [0.2, 0.25) is 0 Å². The number of imidazole rings is 1. The van der Waals surface area contributed by atoms with Crippen LogP contribution in [0.25, 0.3) is 11.2 Å². The minimum atomic E-state index is 0.289. The van der Waals surface area contributed by atoms with Gasteiger partial charge in [-0.3, -0.25) is 4.57 Å². The maximum absolute atomic E-state index is 4.89. The summed E-state index contributed by atoms with van der Waals surface area (Å²) in [7, 11) is 2.18. The Morgan fingerprint density at radius 1 is 0.886 bits per heavy atom. The van der Waals surface area contributed by atoms with Gasteiger partial charge in [0.05, 0.1) is 12.2 Å². The number of nitrogens with zero attached hydrogens (tertiary/aromatic N) is 6. The molecule has 0 saturated carbocycles. The summed E-state index contributed by atoms with van der Waals surface area (Å²) in [5.74, 6) is 1.37. The van der Waals surface area contributed by atoms with Gasteiger partial charge in [-0.05, 0) is 56.4 Å². The molecule has 2 aliphatic rings. The molecule has 0 bridgehead atoms. The van der Waals surface area contributed by atoms with Crippen LogP contribution in [0.1, 0.15) is 12.5 Å². The van der Waals surface area contributed by atoms with E-state index < -0.39 is 0 Å². The van der Waals surface area contributed by atoms with Crippen LogP contribution in [0.3, 0.4) is 0 Å². The highest BCUT2D eigenvalue weighted by Crippen LogP contribution is 2.29. The monoisotopic (exact) mass is 469 g/mol. The van der Waals surface area contributed by atoms with Gasteiger partial charge in [-0.2, -0.15) is 4.98 Å². The van der Waals surface area contributed by atoms with Gasteiger partial charge in [0.2, 0.25) is 11.9 Å². The molecule has 2 aromatic heterocycles. The lowest BCUT2D eigenvalue weighted by atomic mass is 10.2. The van der Waals surface area contributed by atoms with Gasteiger partial charge in [0, 0.05) is 49.8 Å². The van der Waals surface area contributed by atoms with Gasteiger partial charge in [0.1, 0.15) is 5.52 Å². The summed E-state index contributed by atoms with van der Waals surface area (Å²) in [5, 5.41) is 10.3. The van der Waals surface area contributed by atoms with Crippen LogP contribution in [0.4, 0.5) is 29.0 Å². The van der Waals surface area contributed by atoms with E-state index in [2.05, 4.69) is 66.6 Å². The average molecular weight is 470 g/mol. The second kappa shape index (κ2) is 9.52. The number of piperazine rings is 1. The molecule has 6 rings (SSSR count). The summed E-state index contributed by atoms with van der Waals surface area (Å²) in [4.78, 5) is 19.1. The quantitative estimate of drug-likeness (QED) is 0.395.